The maximum absolute atomic E-state index is 12.2. The van der Waals surface area contributed by atoms with E-state index in [9.17, 15) is 9.90 Å². The molecule has 5 heteroatoms. The van der Waals surface area contributed by atoms with Crippen molar-refractivity contribution in [1.29, 1.82) is 0 Å². The van der Waals surface area contributed by atoms with Crippen LogP contribution in [-0.2, 0) is 36.7 Å². The molecule has 0 spiro atoms. The third-order valence-electron chi connectivity index (χ3n) is 10.7. The van der Waals surface area contributed by atoms with Crippen molar-refractivity contribution >= 4 is 27.5 Å². The van der Waals surface area contributed by atoms with Crippen molar-refractivity contribution in [2.24, 2.45) is 16.7 Å². The molecule has 5 aromatic rings. The van der Waals surface area contributed by atoms with E-state index in [1.54, 1.807) is 0 Å². The van der Waals surface area contributed by atoms with Gasteiger partial charge in [-0.2, -0.15) is 0 Å². The molecule has 1 radical (unpaired) electrons. The fourth-order valence-corrected chi connectivity index (χ4v) is 6.22. The Labute approximate surface area is 320 Å². The largest absolute Gasteiger partial charge is 0.512 e. The van der Waals surface area contributed by atoms with Crippen LogP contribution in [0.25, 0.3) is 44.3 Å². The van der Waals surface area contributed by atoms with Crippen LogP contribution in [0.3, 0.4) is 0 Å². The minimum Gasteiger partial charge on any atom is -0.512 e. The molecule has 51 heavy (non-hydrogen) atoms. The molecule has 5 rings (SSSR count). The van der Waals surface area contributed by atoms with Crippen molar-refractivity contribution in [1.82, 2.24) is 4.98 Å². The monoisotopic (exact) mass is 865 g/mol. The fourth-order valence-electron chi connectivity index (χ4n) is 6.22. The molecule has 0 fully saturated rings. The molecule has 0 atom stereocenters. The van der Waals surface area contributed by atoms with Crippen LogP contribution in [0.2, 0.25) is 0 Å². The number of aliphatic hydroxyl groups is 1. The zero-order valence-electron chi connectivity index (χ0n) is 32.7. The zero-order valence-corrected chi connectivity index (χ0v) is 35.1. The number of allylic oxidation sites excluding steroid dienone is 2. The molecular formula is C46H58IrNO3-. The molecular weight excluding hydrogens is 807 g/mol. The maximum Gasteiger partial charge on any atom is 0.164 e. The summed E-state index contributed by atoms with van der Waals surface area (Å²) in [7, 11) is 0. The van der Waals surface area contributed by atoms with Gasteiger partial charge < -0.3 is 9.52 Å². The van der Waals surface area contributed by atoms with Crippen molar-refractivity contribution < 1.29 is 34.4 Å². The Bertz CT molecular complexity index is 1950. The van der Waals surface area contributed by atoms with Gasteiger partial charge in [0.05, 0.1) is 0 Å². The normalized spacial score (nSPS) is 12.5. The van der Waals surface area contributed by atoms with Crippen molar-refractivity contribution in [3.05, 3.63) is 102 Å². The van der Waals surface area contributed by atoms with E-state index in [2.05, 4.69) is 101 Å². The molecule has 0 aliphatic carbocycles. The van der Waals surface area contributed by atoms with E-state index in [1.807, 2.05) is 53.8 Å². The van der Waals surface area contributed by atoms with Gasteiger partial charge in [-0.25, -0.2) is 0 Å². The van der Waals surface area contributed by atoms with E-state index in [4.69, 9.17) is 9.40 Å². The predicted molar refractivity (Wildman–Crippen MR) is 212 cm³/mol. The first kappa shape index (κ1) is 41.9. The van der Waals surface area contributed by atoms with Crippen LogP contribution in [0.5, 0.6) is 0 Å². The number of furan rings is 1. The quantitative estimate of drug-likeness (QED) is 0.0816. The smallest absolute Gasteiger partial charge is 0.164 e. The molecule has 4 nitrogen and oxygen atoms in total. The van der Waals surface area contributed by atoms with Crippen molar-refractivity contribution in [2.75, 3.05) is 0 Å². The third-order valence-corrected chi connectivity index (χ3v) is 10.7. The van der Waals surface area contributed by atoms with Crippen molar-refractivity contribution in [2.45, 2.75) is 114 Å². The van der Waals surface area contributed by atoms with Gasteiger partial charge in [0.15, 0.2) is 5.78 Å². The number of carbonyl (C=O) groups is 1. The van der Waals surface area contributed by atoms with Gasteiger partial charge in [0.2, 0.25) is 0 Å². The molecule has 3 aromatic carbocycles. The van der Waals surface area contributed by atoms with Crippen LogP contribution < -0.4 is 0 Å². The minimum absolute atomic E-state index is 0. The fraction of sp³-hybridized carbons (Fsp3) is 0.435. The molecule has 2 heterocycles. The Hall–Kier alpha value is -3.53. The number of nitrogens with zero attached hydrogens (tertiary/aromatic N) is 1. The summed E-state index contributed by atoms with van der Waals surface area (Å²) < 4.78 is 6.28. The first-order chi connectivity index (χ1) is 23.6. The van der Waals surface area contributed by atoms with Gasteiger partial charge in [-0.3, -0.25) is 9.78 Å². The van der Waals surface area contributed by atoms with Crippen LogP contribution in [0.15, 0.2) is 89.2 Å². The second-order valence-electron chi connectivity index (χ2n) is 15.8. The molecule has 275 valence electrons. The van der Waals surface area contributed by atoms with Gasteiger partial charge in [-0.1, -0.05) is 124 Å². The molecule has 0 aliphatic heterocycles. The Morgan fingerprint density at radius 2 is 1.51 bits per heavy atom. The SMILES string of the molecule is CC(C)Cc1ccc2cc(-c3ccnc(-c4[c-]c5ccccc5c(C(C)(C)C)c4)c3)oc2c1.CCC(C)(CC)C(=O)/C=C(\O)C(C)(CC)CC.[Ir]. The maximum atomic E-state index is 12.2. The van der Waals surface area contributed by atoms with Gasteiger partial charge >= 0.3 is 0 Å². The molecule has 1 N–H and O–H groups in total. The van der Waals surface area contributed by atoms with E-state index in [-0.39, 0.29) is 47.9 Å². The van der Waals surface area contributed by atoms with Gasteiger partial charge in [-0.15, -0.1) is 29.1 Å². The zero-order chi connectivity index (χ0) is 36.9. The second kappa shape index (κ2) is 17.3. The summed E-state index contributed by atoms with van der Waals surface area (Å²) in [6.07, 6.45) is 7.67. The topological polar surface area (TPSA) is 63.3 Å². The summed E-state index contributed by atoms with van der Waals surface area (Å²) >= 11 is 0. The molecule has 2 aromatic heterocycles. The number of rotatable bonds is 11. The number of carbonyl (C=O) groups excluding carboxylic acids is 1. The van der Waals surface area contributed by atoms with E-state index in [0.29, 0.717) is 5.92 Å². The Morgan fingerprint density at radius 1 is 0.863 bits per heavy atom. The predicted octanol–water partition coefficient (Wildman–Crippen LogP) is 13.3. The van der Waals surface area contributed by atoms with Crippen molar-refractivity contribution in [3.8, 4) is 22.6 Å². The average molecular weight is 865 g/mol. The number of hydrogen-bond donors (Lipinski definition) is 1. The third kappa shape index (κ3) is 9.87. The Balaban J connectivity index is 0.000000335. The molecule has 0 saturated carbocycles. The van der Waals surface area contributed by atoms with Crippen LogP contribution in [0.1, 0.15) is 113 Å². The van der Waals surface area contributed by atoms with E-state index >= 15 is 0 Å². The van der Waals surface area contributed by atoms with Crippen molar-refractivity contribution in [3.63, 3.8) is 0 Å². The molecule has 0 bridgehead atoms. The van der Waals surface area contributed by atoms with Gasteiger partial charge in [0, 0.05) is 59.9 Å². The minimum atomic E-state index is -0.337. The Morgan fingerprint density at radius 3 is 2.12 bits per heavy atom. The number of fused-ring (bicyclic) bond motifs is 2. The van der Waals surface area contributed by atoms with E-state index in [1.165, 1.54) is 22.6 Å². The molecule has 0 saturated heterocycles. The summed E-state index contributed by atoms with van der Waals surface area (Å²) in [5.41, 5.74) is 5.92. The number of hydrogen-bond acceptors (Lipinski definition) is 4. The van der Waals surface area contributed by atoms with Crippen LogP contribution in [0, 0.1) is 22.8 Å². The number of aromatic nitrogens is 1. The summed E-state index contributed by atoms with van der Waals surface area (Å²) in [4.78, 5) is 16.9. The van der Waals surface area contributed by atoms with E-state index < -0.39 is 0 Å². The van der Waals surface area contributed by atoms with Crippen LogP contribution >= 0.6 is 0 Å². The summed E-state index contributed by atoms with van der Waals surface area (Å²) in [5, 5.41) is 13.6. The summed E-state index contributed by atoms with van der Waals surface area (Å²) in [5.74, 6) is 1.77. The number of aliphatic hydroxyl groups excluding tert-OH is 1. The first-order valence-corrected chi connectivity index (χ1v) is 18.5. The Kier molecular flexibility index (Phi) is 14.2. The van der Waals surface area contributed by atoms with Crippen LogP contribution in [-0.4, -0.2) is 15.9 Å². The number of benzene rings is 3. The molecule has 0 amide bonds. The summed E-state index contributed by atoms with van der Waals surface area (Å²) in [6.45, 7) is 23.3. The van der Waals surface area contributed by atoms with Gasteiger partial charge in [-0.05, 0) is 67.2 Å². The average Bonchev–Trinajstić information content (AvgIpc) is 3.53. The van der Waals surface area contributed by atoms with E-state index in [0.717, 1.165) is 71.0 Å². The number of ketones is 1. The van der Waals surface area contributed by atoms with Crippen LogP contribution in [0.4, 0.5) is 0 Å². The van der Waals surface area contributed by atoms with Gasteiger partial charge in [0.25, 0.3) is 0 Å². The molecule has 0 aliphatic rings. The standard InChI is InChI=1S/C31H30NO.C15H28O2.Ir/c1-20(2)14-21-10-11-23-19-30(33-29(23)15-21)24-12-13-32-28(18-24)25-16-22-8-6-7-9-26(22)27(17-25)31(3,4)5;1-7-14(5,8-2)12(16)11-13(17)15(6,9-3)10-4;/h6-13,15,17-20H,14H2,1-5H3;11,16H,7-10H2,1-6H3;/q-1;;/b;12-11-;. The second-order valence-corrected chi connectivity index (χ2v) is 15.8. The van der Waals surface area contributed by atoms with Gasteiger partial charge in [0.1, 0.15) is 17.1 Å². The first-order valence-electron chi connectivity index (χ1n) is 18.5. The molecule has 0 unspecified atom stereocenters. The summed E-state index contributed by atoms with van der Waals surface area (Å²) in [6, 6.07) is 27.1. The number of pyridine rings is 1.